The lowest BCUT2D eigenvalue weighted by atomic mass is 9.99. The Kier molecular flexibility index (Phi) is 4.99. The second kappa shape index (κ2) is 7.06. The first-order valence-corrected chi connectivity index (χ1v) is 9.37. The van der Waals surface area contributed by atoms with Crippen molar-refractivity contribution in [2.45, 2.75) is 25.4 Å². The minimum absolute atomic E-state index is 0.245. The van der Waals surface area contributed by atoms with Crippen molar-refractivity contribution in [3.63, 3.8) is 0 Å². The van der Waals surface area contributed by atoms with Crippen LogP contribution in [-0.2, 0) is 15.0 Å². The minimum Gasteiger partial charge on any atom is -0.497 e. The SMILES string of the molecule is COc1cccc([C@@H]2C[C@@H](C(=O)Nc3cc(C)on3)N(C)S(=O)(=O)N2)c1. The molecular formula is C16H20N4O5S. The van der Waals surface area contributed by atoms with Crippen LogP contribution in [0.4, 0.5) is 5.82 Å². The Morgan fingerprint density at radius 3 is 2.85 bits per heavy atom. The summed E-state index contributed by atoms with van der Waals surface area (Å²) in [5, 5.41) is 6.30. The van der Waals surface area contributed by atoms with Crippen LogP contribution in [0.5, 0.6) is 5.75 Å². The number of nitrogens with zero attached hydrogens (tertiary/aromatic N) is 2. The van der Waals surface area contributed by atoms with Gasteiger partial charge >= 0.3 is 0 Å². The lowest BCUT2D eigenvalue weighted by Gasteiger charge is -2.36. The molecule has 1 aliphatic rings. The Balaban J connectivity index is 1.85. The predicted molar refractivity (Wildman–Crippen MR) is 93.8 cm³/mol. The molecule has 2 atom stereocenters. The molecule has 140 valence electrons. The van der Waals surface area contributed by atoms with Crippen LogP contribution in [0.3, 0.4) is 0 Å². The number of rotatable bonds is 4. The molecule has 0 aliphatic carbocycles. The standard InChI is InChI=1S/C16H20N4O5S/c1-10-7-15(18-25-10)17-16(21)14-9-13(19-26(22,23)20(14)2)11-5-4-6-12(8-11)24-3/h4-8,13-14,19H,9H2,1-3H3,(H,17,18,21)/t13-,14-/m0/s1. The molecule has 1 fully saturated rings. The van der Waals surface area contributed by atoms with E-state index in [-0.39, 0.29) is 12.2 Å². The quantitative estimate of drug-likeness (QED) is 0.824. The van der Waals surface area contributed by atoms with Gasteiger partial charge in [-0.1, -0.05) is 17.3 Å². The second-order valence-corrected chi connectivity index (χ2v) is 7.79. The van der Waals surface area contributed by atoms with Crippen LogP contribution in [0, 0.1) is 6.92 Å². The number of aromatic nitrogens is 1. The number of hydrogen-bond donors (Lipinski definition) is 2. The van der Waals surface area contributed by atoms with Crippen molar-refractivity contribution in [1.82, 2.24) is 14.2 Å². The summed E-state index contributed by atoms with van der Waals surface area (Å²) >= 11 is 0. The van der Waals surface area contributed by atoms with Gasteiger partial charge < -0.3 is 14.6 Å². The number of carbonyl (C=O) groups is 1. The minimum atomic E-state index is -3.82. The molecule has 0 unspecified atom stereocenters. The molecule has 1 aromatic heterocycles. The zero-order chi connectivity index (χ0) is 18.9. The van der Waals surface area contributed by atoms with Crippen molar-refractivity contribution in [3.8, 4) is 5.75 Å². The van der Waals surface area contributed by atoms with Crippen LogP contribution in [0.15, 0.2) is 34.9 Å². The van der Waals surface area contributed by atoms with Crippen LogP contribution in [-0.4, -0.2) is 44.0 Å². The Morgan fingerprint density at radius 2 is 2.19 bits per heavy atom. The molecule has 0 bridgehead atoms. The van der Waals surface area contributed by atoms with E-state index in [1.807, 2.05) is 0 Å². The fraction of sp³-hybridized carbons (Fsp3) is 0.375. The molecular weight excluding hydrogens is 360 g/mol. The van der Waals surface area contributed by atoms with Crippen LogP contribution in [0.1, 0.15) is 23.8 Å². The van der Waals surface area contributed by atoms with E-state index in [1.165, 1.54) is 14.2 Å². The molecule has 26 heavy (non-hydrogen) atoms. The first kappa shape index (κ1) is 18.4. The van der Waals surface area contributed by atoms with E-state index in [0.717, 1.165) is 9.87 Å². The highest BCUT2D eigenvalue weighted by atomic mass is 32.2. The van der Waals surface area contributed by atoms with Crippen molar-refractivity contribution < 1.29 is 22.5 Å². The summed E-state index contributed by atoms with van der Waals surface area (Å²) in [6.45, 7) is 1.70. The van der Waals surface area contributed by atoms with Crippen molar-refractivity contribution >= 4 is 21.9 Å². The van der Waals surface area contributed by atoms with E-state index >= 15 is 0 Å². The molecule has 10 heteroatoms. The smallest absolute Gasteiger partial charge is 0.280 e. The van der Waals surface area contributed by atoms with Gasteiger partial charge in [0.15, 0.2) is 5.82 Å². The average Bonchev–Trinajstić information content (AvgIpc) is 3.01. The van der Waals surface area contributed by atoms with E-state index in [9.17, 15) is 13.2 Å². The van der Waals surface area contributed by atoms with Crippen LogP contribution < -0.4 is 14.8 Å². The number of hydrogen-bond acceptors (Lipinski definition) is 6. The van der Waals surface area contributed by atoms with Crippen LogP contribution in [0.25, 0.3) is 0 Å². The van der Waals surface area contributed by atoms with Gasteiger partial charge in [-0.25, -0.2) is 0 Å². The van der Waals surface area contributed by atoms with E-state index < -0.39 is 28.2 Å². The van der Waals surface area contributed by atoms with Crippen molar-refractivity contribution in [2.24, 2.45) is 0 Å². The number of aryl methyl sites for hydroxylation is 1. The number of likely N-dealkylation sites (N-methyl/N-ethyl adjacent to an activating group) is 1. The van der Waals surface area contributed by atoms with Gasteiger partial charge in [0.05, 0.1) is 13.2 Å². The fourth-order valence-electron chi connectivity index (χ4n) is 2.82. The second-order valence-electron chi connectivity index (χ2n) is 6.03. The van der Waals surface area contributed by atoms with Gasteiger partial charge in [0, 0.05) is 13.1 Å². The van der Waals surface area contributed by atoms with Crippen LogP contribution >= 0.6 is 0 Å². The van der Waals surface area contributed by atoms with E-state index in [2.05, 4.69) is 15.2 Å². The highest BCUT2D eigenvalue weighted by Crippen LogP contribution is 2.30. The number of benzene rings is 1. The summed E-state index contributed by atoms with van der Waals surface area (Å²) in [5.74, 6) is 0.925. The Labute approximate surface area is 151 Å². The number of nitrogens with one attached hydrogen (secondary N) is 2. The lowest BCUT2D eigenvalue weighted by Crippen LogP contribution is -2.55. The number of carbonyl (C=O) groups excluding carboxylic acids is 1. The largest absolute Gasteiger partial charge is 0.497 e. The maximum Gasteiger partial charge on any atom is 0.280 e. The fourth-order valence-corrected chi connectivity index (χ4v) is 4.09. The Morgan fingerprint density at radius 1 is 1.42 bits per heavy atom. The van der Waals surface area contributed by atoms with E-state index in [1.54, 1.807) is 37.3 Å². The molecule has 9 nitrogen and oxygen atoms in total. The number of anilines is 1. The normalized spacial score (nSPS) is 22.7. The molecule has 1 saturated heterocycles. The molecule has 1 aliphatic heterocycles. The summed E-state index contributed by atoms with van der Waals surface area (Å²) in [6.07, 6.45) is 0.256. The highest BCUT2D eigenvalue weighted by molar-refractivity contribution is 7.87. The summed E-state index contributed by atoms with van der Waals surface area (Å²) < 4.78 is 38.6. The molecule has 0 radical (unpaired) electrons. The predicted octanol–water partition coefficient (Wildman–Crippen LogP) is 1.21. The van der Waals surface area contributed by atoms with Gasteiger partial charge in [-0.2, -0.15) is 17.4 Å². The van der Waals surface area contributed by atoms with Crippen molar-refractivity contribution in [1.29, 1.82) is 0 Å². The molecule has 0 spiro atoms. The zero-order valence-electron chi connectivity index (χ0n) is 14.6. The summed E-state index contributed by atoms with van der Waals surface area (Å²) in [4.78, 5) is 12.6. The third kappa shape index (κ3) is 3.71. The zero-order valence-corrected chi connectivity index (χ0v) is 15.4. The van der Waals surface area contributed by atoms with E-state index in [4.69, 9.17) is 9.26 Å². The number of methoxy groups -OCH3 is 1. The molecule has 2 N–H and O–H groups in total. The molecule has 1 aromatic carbocycles. The van der Waals surface area contributed by atoms with Crippen molar-refractivity contribution in [2.75, 3.05) is 19.5 Å². The van der Waals surface area contributed by atoms with Crippen LogP contribution in [0.2, 0.25) is 0 Å². The first-order valence-electron chi connectivity index (χ1n) is 7.93. The summed E-state index contributed by atoms with van der Waals surface area (Å²) in [6, 6.07) is 7.19. The summed E-state index contributed by atoms with van der Waals surface area (Å²) in [7, 11) is -0.922. The number of ether oxygens (including phenoxy) is 1. The molecule has 2 heterocycles. The van der Waals surface area contributed by atoms with Gasteiger partial charge in [0.2, 0.25) is 5.91 Å². The number of amides is 1. The lowest BCUT2D eigenvalue weighted by molar-refractivity contribution is -0.120. The maximum atomic E-state index is 12.6. The van der Waals surface area contributed by atoms with Gasteiger partial charge in [-0.3, -0.25) is 4.79 Å². The summed E-state index contributed by atoms with van der Waals surface area (Å²) in [5.41, 5.74) is 0.719. The topological polar surface area (TPSA) is 114 Å². The van der Waals surface area contributed by atoms with Gasteiger partial charge in [-0.15, -0.1) is 0 Å². The maximum absolute atomic E-state index is 12.6. The van der Waals surface area contributed by atoms with E-state index in [0.29, 0.717) is 11.5 Å². The first-order chi connectivity index (χ1) is 12.3. The monoisotopic (exact) mass is 380 g/mol. The third-order valence-electron chi connectivity index (χ3n) is 4.25. The van der Waals surface area contributed by atoms with Gasteiger partial charge in [-0.05, 0) is 31.0 Å². The molecule has 3 rings (SSSR count). The average molecular weight is 380 g/mol. The molecule has 1 amide bonds. The molecule has 0 saturated carbocycles. The third-order valence-corrected chi connectivity index (χ3v) is 5.84. The Bertz CT molecular complexity index is 911. The highest BCUT2D eigenvalue weighted by Gasteiger charge is 2.40. The Hall–Kier alpha value is -2.43. The van der Waals surface area contributed by atoms with Crippen molar-refractivity contribution in [3.05, 3.63) is 41.7 Å². The molecule has 2 aromatic rings. The van der Waals surface area contributed by atoms with Gasteiger partial charge in [0.25, 0.3) is 10.2 Å². The van der Waals surface area contributed by atoms with Gasteiger partial charge in [0.1, 0.15) is 17.6 Å².